The average molecular weight is 945 g/mol. The van der Waals surface area contributed by atoms with E-state index in [-0.39, 0.29) is 40.2 Å². The summed E-state index contributed by atoms with van der Waals surface area (Å²) in [5.74, 6) is 0.620. The number of fused-ring (bicyclic) bond motifs is 3. The Kier molecular flexibility index (Phi) is 12.1. The van der Waals surface area contributed by atoms with Crippen LogP contribution in [-0.4, -0.2) is 33.9 Å². The van der Waals surface area contributed by atoms with Gasteiger partial charge in [-0.1, -0.05) is 18.2 Å². The summed E-state index contributed by atoms with van der Waals surface area (Å²) < 4.78 is 5.74. The first-order valence-corrected chi connectivity index (χ1v) is 13.7. The van der Waals surface area contributed by atoms with Crippen molar-refractivity contribution in [2.45, 2.75) is 0 Å². The Labute approximate surface area is 291 Å². The summed E-state index contributed by atoms with van der Waals surface area (Å²) in [6.07, 6.45) is 11.4. The molecule has 0 bridgehead atoms. The van der Waals surface area contributed by atoms with Crippen molar-refractivity contribution >= 4 is 33.3 Å². The molecule has 2 aliphatic heterocycles. The Balaban J connectivity index is 0.000000157. The van der Waals surface area contributed by atoms with Crippen LogP contribution in [0.4, 0.5) is 11.4 Å². The van der Waals surface area contributed by atoms with Crippen molar-refractivity contribution in [3.8, 4) is 11.4 Å². The first-order valence-electron chi connectivity index (χ1n) is 13.7. The van der Waals surface area contributed by atoms with Crippen LogP contribution in [0.5, 0.6) is 0 Å². The van der Waals surface area contributed by atoms with Gasteiger partial charge in [0.2, 0.25) is 0 Å². The molecule has 0 saturated heterocycles. The van der Waals surface area contributed by atoms with Crippen LogP contribution < -0.4 is 9.80 Å². The van der Waals surface area contributed by atoms with E-state index < -0.39 is 0 Å². The summed E-state index contributed by atoms with van der Waals surface area (Å²) in [6, 6.07) is 40.0. The topological polar surface area (TPSA) is 51.9 Å². The Morgan fingerprint density at radius 3 is 1.76 bits per heavy atom. The Hall–Kier alpha value is -4.26. The van der Waals surface area contributed by atoms with E-state index in [0.717, 1.165) is 38.9 Å². The average Bonchev–Trinajstić information content (AvgIpc) is 3.81. The molecule has 0 radical (unpaired) electrons. The number of nitrogens with zero attached hydrogens (tertiary/aromatic N) is 6. The zero-order valence-electron chi connectivity index (χ0n) is 24.5. The molecule has 226 valence electrons. The molecule has 9 heteroatoms. The van der Waals surface area contributed by atoms with Crippen molar-refractivity contribution in [1.82, 2.24) is 19.8 Å². The van der Waals surface area contributed by atoms with Gasteiger partial charge in [0.25, 0.3) is 0 Å². The molecule has 0 saturated carbocycles. The maximum Gasteiger partial charge on any atom is 3.00 e. The van der Waals surface area contributed by atoms with E-state index in [1.165, 1.54) is 0 Å². The molecule has 0 amide bonds. The SMILES string of the molecule is CN1C=CN(c2[c-]cccc2)[CH-]1.CN1C=CN(c2[c-]cccc2)[CH-]1.[Ir+3].[Ir+3].[c-]1cc2oc3ccccc3c2[c-]c1-c1ncccn1. The number of para-hydroxylation sites is 3. The summed E-state index contributed by atoms with van der Waals surface area (Å²) >= 11 is 0. The van der Waals surface area contributed by atoms with Gasteiger partial charge < -0.3 is 34.0 Å². The molecule has 2 aromatic heterocycles. The van der Waals surface area contributed by atoms with E-state index in [2.05, 4.69) is 34.2 Å². The number of anilines is 2. The summed E-state index contributed by atoms with van der Waals surface area (Å²) in [6.45, 7) is 4.01. The fourth-order valence-corrected chi connectivity index (χ4v) is 4.42. The number of furan rings is 1. The van der Waals surface area contributed by atoms with Gasteiger partial charge in [0.05, 0.1) is 0 Å². The van der Waals surface area contributed by atoms with Crippen LogP contribution in [-0.2, 0) is 40.2 Å². The molecule has 7 nitrogen and oxygen atoms in total. The number of aromatic nitrogens is 2. The van der Waals surface area contributed by atoms with Gasteiger partial charge in [0, 0.05) is 12.4 Å². The van der Waals surface area contributed by atoms with Crippen LogP contribution in [0.3, 0.4) is 0 Å². The number of hydrogen-bond acceptors (Lipinski definition) is 7. The van der Waals surface area contributed by atoms with E-state index in [1.807, 2.05) is 151 Å². The molecule has 0 N–H and O–H groups in total. The van der Waals surface area contributed by atoms with Crippen molar-refractivity contribution in [3.63, 3.8) is 0 Å². The van der Waals surface area contributed by atoms with E-state index in [1.54, 1.807) is 18.5 Å². The van der Waals surface area contributed by atoms with Crippen LogP contribution in [0.2, 0.25) is 0 Å². The third-order valence-corrected chi connectivity index (χ3v) is 6.49. The number of hydrogen-bond donors (Lipinski definition) is 0. The Morgan fingerprint density at radius 2 is 1.22 bits per heavy atom. The zero-order valence-corrected chi connectivity index (χ0v) is 29.3. The van der Waals surface area contributed by atoms with Gasteiger partial charge in [-0.25, -0.2) is 5.56 Å². The molecule has 0 aliphatic carbocycles. The van der Waals surface area contributed by atoms with Crippen LogP contribution >= 0.6 is 0 Å². The van der Waals surface area contributed by atoms with Crippen LogP contribution in [0.25, 0.3) is 33.3 Å². The molecule has 4 heterocycles. The van der Waals surface area contributed by atoms with Gasteiger partial charge in [-0.2, -0.15) is 80.1 Å². The van der Waals surface area contributed by atoms with Gasteiger partial charge in [-0.15, -0.1) is 16.8 Å². The third kappa shape index (κ3) is 8.47. The van der Waals surface area contributed by atoms with Crippen molar-refractivity contribution in [1.29, 1.82) is 0 Å². The molecular formula is C36H28Ir2N6O. The predicted molar refractivity (Wildman–Crippen MR) is 170 cm³/mol. The van der Waals surface area contributed by atoms with Crippen LogP contribution in [0.1, 0.15) is 0 Å². The first-order chi connectivity index (χ1) is 21.1. The third-order valence-electron chi connectivity index (χ3n) is 6.49. The Bertz CT molecular complexity index is 1770. The largest absolute Gasteiger partial charge is 3.00 e. The molecular weight excluding hydrogens is 917 g/mol. The maximum atomic E-state index is 5.74. The molecule has 2 aliphatic rings. The van der Waals surface area contributed by atoms with Gasteiger partial charge in [-0.05, 0) is 67.8 Å². The van der Waals surface area contributed by atoms with Crippen molar-refractivity contribution in [2.75, 3.05) is 23.9 Å². The van der Waals surface area contributed by atoms with Crippen molar-refractivity contribution < 1.29 is 44.6 Å². The molecule has 45 heavy (non-hydrogen) atoms. The zero-order chi connectivity index (χ0) is 29.4. The number of benzene rings is 4. The first kappa shape index (κ1) is 33.6. The van der Waals surface area contributed by atoms with Gasteiger partial charge in [0.15, 0.2) is 0 Å². The second kappa shape index (κ2) is 16.2. The molecule has 8 rings (SSSR count). The van der Waals surface area contributed by atoms with Crippen LogP contribution in [0.15, 0.2) is 127 Å². The minimum Gasteiger partial charge on any atom is -0.546 e. The van der Waals surface area contributed by atoms with E-state index in [4.69, 9.17) is 4.42 Å². The second-order valence-corrected chi connectivity index (χ2v) is 9.67. The van der Waals surface area contributed by atoms with Crippen molar-refractivity contribution in [2.24, 2.45) is 0 Å². The van der Waals surface area contributed by atoms with Gasteiger partial charge in [0.1, 0.15) is 5.58 Å². The number of rotatable bonds is 3. The summed E-state index contributed by atoms with van der Waals surface area (Å²) in [5.41, 5.74) is 4.52. The molecule has 0 spiro atoms. The monoisotopic (exact) mass is 946 g/mol. The molecule has 0 fully saturated rings. The fraction of sp³-hybridized carbons (Fsp3) is 0.0556. The summed E-state index contributed by atoms with van der Waals surface area (Å²) in [7, 11) is 4.00. The summed E-state index contributed by atoms with van der Waals surface area (Å²) in [4.78, 5) is 16.5. The van der Waals surface area contributed by atoms with Crippen molar-refractivity contribution in [3.05, 3.63) is 160 Å². The second-order valence-electron chi connectivity index (χ2n) is 9.67. The quantitative estimate of drug-likeness (QED) is 0.173. The Morgan fingerprint density at radius 1 is 0.644 bits per heavy atom. The summed E-state index contributed by atoms with van der Waals surface area (Å²) in [5, 5.41) is 1.99. The predicted octanol–water partition coefficient (Wildman–Crippen LogP) is 7.30. The fourth-order valence-electron chi connectivity index (χ4n) is 4.42. The molecule has 0 unspecified atom stereocenters. The standard InChI is InChI=1S/C16H8N2O.2C10H10N2.2Ir/c1-2-5-14-12(4-1)13-10-11(6-7-15(13)19-14)16-17-8-3-9-18-16;2*1-11-7-8-12(9-11)10-5-3-2-4-6-10;;/h1-5,7-9H;2*2-5,7-9H,1H3;;/q3*-2;2*+3. The minimum atomic E-state index is 0. The van der Waals surface area contributed by atoms with Gasteiger partial charge in [-0.3, -0.25) is 12.1 Å². The van der Waals surface area contributed by atoms with E-state index in [0.29, 0.717) is 5.82 Å². The molecule has 0 atom stereocenters. The normalized spacial score (nSPS) is 13.1. The molecule has 4 aromatic carbocycles. The van der Waals surface area contributed by atoms with Gasteiger partial charge >= 0.3 is 40.2 Å². The van der Waals surface area contributed by atoms with Crippen LogP contribution in [0, 0.1) is 37.6 Å². The minimum absolute atomic E-state index is 0. The maximum absolute atomic E-state index is 5.74. The van der Waals surface area contributed by atoms with E-state index in [9.17, 15) is 0 Å². The van der Waals surface area contributed by atoms with E-state index >= 15 is 0 Å². The smallest absolute Gasteiger partial charge is 0.546 e. The molecule has 6 aromatic rings.